The van der Waals surface area contributed by atoms with Gasteiger partial charge in [-0.15, -0.1) is 0 Å². The molecule has 9 nitrogen and oxygen atoms in total. The van der Waals surface area contributed by atoms with Crippen molar-refractivity contribution in [3.63, 3.8) is 0 Å². The van der Waals surface area contributed by atoms with E-state index in [0.29, 0.717) is 54.6 Å². The van der Waals surface area contributed by atoms with Gasteiger partial charge >= 0.3 is 11.9 Å². The summed E-state index contributed by atoms with van der Waals surface area (Å²) in [6.45, 7) is 9.33. The minimum Gasteiger partial charge on any atom is -0.491 e. The summed E-state index contributed by atoms with van der Waals surface area (Å²) in [7, 11) is 0. The molecule has 10 heteroatoms. The average molecular weight is 677 g/mol. The minimum atomic E-state index is -0.886. The molecule has 0 spiro atoms. The number of carbonyl (C=O) groups excluding carboxylic acids is 2. The van der Waals surface area contributed by atoms with Gasteiger partial charge in [0.15, 0.2) is 4.80 Å². The zero-order chi connectivity index (χ0) is 34.7. The van der Waals surface area contributed by atoms with E-state index in [1.807, 2.05) is 74.5 Å². The second-order valence-electron chi connectivity index (χ2n) is 11.9. The number of hydrogen-bond donors (Lipinski definition) is 0. The summed E-state index contributed by atoms with van der Waals surface area (Å²) in [4.78, 5) is 46.0. The third-order valence-electron chi connectivity index (χ3n) is 7.58. The van der Waals surface area contributed by atoms with Crippen molar-refractivity contribution < 1.29 is 28.2 Å². The Morgan fingerprint density at radius 1 is 0.898 bits per heavy atom. The smallest absolute Gasteiger partial charge is 0.338 e. The van der Waals surface area contributed by atoms with Gasteiger partial charge in [0.05, 0.1) is 40.2 Å². The maximum atomic E-state index is 14.4. The fraction of sp³-hybridized carbons (Fsp3) is 0.231. The Morgan fingerprint density at radius 2 is 1.63 bits per heavy atom. The Labute approximate surface area is 287 Å². The van der Waals surface area contributed by atoms with Gasteiger partial charge in [0.25, 0.3) is 5.56 Å². The number of carbonyl (C=O) groups is 2. The molecule has 1 aliphatic heterocycles. The molecule has 49 heavy (non-hydrogen) atoms. The number of benzene rings is 3. The lowest BCUT2D eigenvalue weighted by Gasteiger charge is -2.27. The van der Waals surface area contributed by atoms with Crippen molar-refractivity contribution in [1.82, 2.24) is 4.57 Å². The summed E-state index contributed by atoms with van der Waals surface area (Å²) in [6.07, 6.45) is 1.26. The van der Waals surface area contributed by atoms with Crippen LogP contribution in [0.1, 0.15) is 67.9 Å². The van der Waals surface area contributed by atoms with Gasteiger partial charge in [-0.1, -0.05) is 72.0 Å². The zero-order valence-corrected chi connectivity index (χ0v) is 28.7. The topological polar surface area (TPSA) is 109 Å². The molecule has 0 unspecified atom stereocenters. The van der Waals surface area contributed by atoms with Crippen molar-refractivity contribution in [1.29, 1.82) is 0 Å². The normalized spacial score (nSPS) is 14.5. The highest BCUT2D eigenvalue weighted by molar-refractivity contribution is 7.07. The maximum absolute atomic E-state index is 14.4. The number of esters is 2. The second kappa shape index (κ2) is 14.3. The fourth-order valence-electron chi connectivity index (χ4n) is 5.60. The van der Waals surface area contributed by atoms with Crippen molar-refractivity contribution in [3.05, 3.63) is 139 Å². The highest BCUT2D eigenvalue weighted by atomic mass is 32.1. The number of aromatic nitrogens is 1. The van der Waals surface area contributed by atoms with Crippen LogP contribution in [0.4, 0.5) is 0 Å². The molecule has 250 valence electrons. The highest BCUT2D eigenvalue weighted by Crippen LogP contribution is 2.39. The molecule has 0 aliphatic carbocycles. The lowest BCUT2D eigenvalue weighted by Crippen LogP contribution is -2.40. The number of thiazole rings is 1. The maximum Gasteiger partial charge on any atom is 0.338 e. The molecule has 0 amide bonds. The van der Waals surface area contributed by atoms with Crippen LogP contribution in [0.3, 0.4) is 0 Å². The standard InChI is InChI=1S/C39H36N2O7S/c1-6-45-38(44)33-34(25-13-8-7-9-14-25)40-39-41(35(33)29-17-10-11-18-31(29)46-23(2)3)36(42)32(49-39)22-28-19-20-30(48-28)26-15-12-16-27(21-26)37(43)47-24(4)5/h7-24,35H,6H2,1-5H3/b32-22+/t35-/m1/s1. The van der Waals surface area contributed by atoms with E-state index in [-0.39, 0.29) is 29.9 Å². The predicted octanol–water partition coefficient (Wildman–Crippen LogP) is 6.55. The van der Waals surface area contributed by atoms with Crippen LogP contribution in [0.25, 0.3) is 23.1 Å². The predicted molar refractivity (Wildman–Crippen MR) is 188 cm³/mol. The quantitative estimate of drug-likeness (QED) is 0.154. The fourth-order valence-corrected chi connectivity index (χ4v) is 6.58. The monoisotopic (exact) mass is 676 g/mol. The van der Waals surface area contributed by atoms with Gasteiger partial charge in [-0.3, -0.25) is 9.36 Å². The van der Waals surface area contributed by atoms with Crippen molar-refractivity contribution >= 4 is 35.0 Å². The molecular weight excluding hydrogens is 641 g/mol. The Balaban J connectivity index is 1.51. The molecule has 0 radical (unpaired) electrons. The van der Waals surface area contributed by atoms with E-state index in [0.717, 1.165) is 0 Å². The highest BCUT2D eigenvalue weighted by Gasteiger charge is 2.36. The molecule has 3 aromatic carbocycles. The number of fused-ring (bicyclic) bond motifs is 1. The molecule has 1 atom stereocenters. The summed E-state index contributed by atoms with van der Waals surface area (Å²) in [5.74, 6) is 0.509. The number of rotatable bonds is 10. The lowest BCUT2D eigenvalue weighted by atomic mass is 9.92. The summed E-state index contributed by atoms with van der Waals surface area (Å²) in [5, 5.41) is 0. The van der Waals surface area contributed by atoms with Gasteiger partial charge in [0.2, 0.25) is 0 Å². The van der Waals surface area contributed by atoms with Crippen LogP contribution >= 0.6 is 11.3 Å². The summed E-state index contributed by atoms with van der Waals surface area (Å²) < 4.78 is 25.2. The first kappa shape index (κ1) is 33.4. The molecule has 0 bridgehead atoms. The Kier molecular flexibility index (Phi) is 9.77. The van der Waals surface area contributed by atoms with Crippen LogP contribution in [0.2, 0.25) is 0 Å². The van der Waals surface area contributed by atoms with Crippen LogP contribution in [-0.4, -0.2) is 35.3 Å². The SMILES string of the molecule is CCOC(=O)C1=C(c2ccccc2)N=c2s/c(=C/c3ccc(-c4cccc(C(=O)OC(C)C)c4)o3)c(=O)n2[C@@H]1c1ccccc1OC(C)C. The van der Waals surface area contributed by atoms with Crippen LogP contribution in [0, 0.1) is 0 Å². The number of ether oxygens (including phenoxy) is 3. The van der Waals surface area contributed by atoms with Gasteiger partial charge in [-0.25, -0.2) is 14.6 Å². The molecule has 3 heterocycles. The van der Waals surface area contributed by atoms with E-state index >= 15 is 0 Å². The largest absolute Gasteiger partial charge is 0.491 e. The first-order valence-corrected chi connectivity index (χ1v) is 16.9. The van der Waals surface area contributed by atoms with E-state index in [2.05, 4.69) is 0 Å². The van der Waals surface area contributed by atoms with Gasteiger partial charge in [-0.2, -0.15) is 0 Å². The van der Waals surface area contributed by atoms with E-state index in [9.17, 15) is 14.4 Å². The first-order chi connectivity index (χ1) is 23.6. The number of hydrogen-bond acceptors (Lipinski definition) is 9. The molecule has 0 N–H and O–H groups in total. The lowest BCUT2D eigenvalue weighted by molar-refractivity contribution is -0.138. The van der Waals surface area contributed by atoms with E-state index in [1.54, 1.807) is 57.2 Å². The number of nitrogens with zero attached hydrogens (tertiary/aromatic N) is 2. The van der Waals surface area contributed by atoms with Crippen molar-refractivity contribution in [2.75, 3.05) is 6.61 Å². The summed E-state index contributed by atoms with van der Waals surface area (Å²) in [6, 6.07) is 26.4. The van der Waals surface area contributed by atoms with Crippen molar-refractivity contribution in [2.45, 2.75) is 52.9 Å². The number of furan rings is 1. The zero-order valence-electron chi connectivity index (χ0n) is 27.8. The number of para-hydroxylation sites is 1. The van der Waals surface area contributed by atoms with Gasteiger partial charge < -0.3 is 18.6 Å². The molecule has 5 aromatic rings. The minimum absolute atomic E-state index is 0.147. The molecule has 0 saturated carbocycles. The van der Waals surface area contributed by atoms with Crippen LogP contribution < -0.4 is 19.6 Å². The Bertz CT molecular complexity index is 2220. The third kappa shape index (κ3) is 7.05. The van der Waals surface area contributed by atoms with E-state index in [4.69, 9.17) is 23.6 Å². The first-order valence-electron chi connectivity index (χ1n) is 16.1. The van der Waals surface area contributed by atoms with Crippen molar-refractivity contribution in [2.24, 2.45) is 4.99 Å². The molecule has 1 aliphatic rings. The van der Waals surface area contributed by atoms with Gasteiger partial charge in [0, 0.05) is 22.8 Å². The van der Waals surface area contributed by atoms with Gasteiger partial charge in [0.1, 0.15) is 23.3 Å². The summed E-state index contributed by atoms with van der Waals surface area (Å²) in [5.41, 5.74) is 2.75. The van der Waals surface area contributed by atoms with Crippen LogP contribution in [-0.2, 0) is 14.3 Å². The molecule has 0 saturated heterocycles. The van der Waals surface area contributed by atoms with Crippen LogP contribution in [0.5, 0.6) is 5.75 Å². The van der Waals surface area contributed by atoms with Crippen LogP contribution in [0.15, 0.2) is 111 Å². The van der Waals surface area contributed by atoms with Crippen molar-refractivity contribution in [3.8, 4) is 17.1 Å². The Hall–Kier alpha value is -5.48. The van der Waals surface area contributed by atoms with E-state index in [1.165, 1.54) is 15.9 Å². The molecule has 6 rings (SSSR count). The second-order valence-corrected chi connectivity index (χ2v) is 12.9. The summed E-state index contributed by atoms with van der Waals surface area (Å²) >= 11 is 1.20. The average Bonchev–Trinajstić information content (AvgIpc) is 3.68. The third-order valence-corrected chi connectivity index (χ3v) is 8.56. The van der Waals surface area contributed by atoms with E-state index < -0.39 is 18.0 Å². The van der Waals surface area contributed by atoms with Gasteiger partial charge in [-0.05, 0) is 65.0 Å². The Morgan fingerprint density at radius 3 is 2.37 bits per heavy atom. The molecular formula is C39H36N2O7S. The molecule has 0 fully saturated rings. The molecule has 2 aromatic heterocycles.